The van der Waals surface area contributed by atoms with Crippen molar-refractivity contribution in [3.05, 3.63) is 117 Å². The number of hydrogen-bond acceptors (Lipinski definition) is 16. The molecule has 2 amide bonds. The van der Waals surface area contributed by atoms with Gasteiger partial charge in [0, 0.05) is 54.7 Å². The van der Waals surface area contributed by atoms with Crippen LogP contribution in [0.3, 0.4) is 0 Å². The molecule has 0 radical (unpaired) electrons. The molecule has 18 nitrogen and oxygen atoms in total. The van der Waals surface area contributed by atoms with Crippen LogP contribution in [0, 0.1) is 0 Å². The minimum Gasteiger partial charge on any atom is -0.550 e. The number of allylic oxidation sites excluding steroid dienone is 11. The molecule has 0 aromatic heterocycles. The van der Waals surface area contributed by atoms with Crippen LogP contribution in [0.15, 0.2) is 132 Å². The number of aliphatic carboxylic acids is 3. The molecule has 6 N–H and O–H groups in total. The average Bonchev–Trinajstić information content (AvgIpc) is 3.81. The SMILES string of the molecule is C=CC1=C(C)C2=CC3=C(/C=C/NO)C(C)(O)C(=CC4=NC(=CC5=NC(=CC1=N2)C(C)=C5CCC(=O)NC(CC(C)=O)C(=O)[O-])C(CCC(=O)NC(CC(=O)[O-])C(=O)[O-])=C4C)N3.[Na+].[Na+].[Na+]. The molecule has 0 fully saturated rings. The summed E-state index contributed by atoms with van der Waals surface area (Å²) in [4.78, 5) is 86.8. The molecule has 0 aromatic rings. The normalized spacial score (nSPS) is 19.6. The second-order valence-corrected chi connectivity index (χ2v) is 14.9. The van der Waals surface area contributed by atoms with Gasteiger partial charge in [0.15, 0.2) is 0 Å². The van der Waals surface area contributed by atoms with Gasteiger partial charge in [0.2, 0.25) is 11.8 Å². The van der Waals surface area contributed by atoms with Gasteiger partial charge in [0.25, 0.3) is 0 Å². The number of fused-ring (bicyclic) bond motifs is 5. The van der Waals surface area contributed by atoms with Crippen molar-refractivity contribution in [2.24, 2.45) is 15.0 Å². The number of carboxylic acids is 3. The summed E-state index contributed by atoms with van der Waals surface area (Å²) in [5, 5.41) is 63.5. The number of nitrogens with zero attached hydrogens (tertiary/aromatic N) is 3. The maximum Gasteiger partial charge on any atom is 1.00 e. The number of nitrogens with one attached hydrogen (secondary N) is 4. The zero-order valence-corrected chi connectivity index (χ0v) is 43.1. The van der Waals surface area contributed by atoms with E-state index in [1.807, 2.05) is 12.4 Å². The van der Waals surface area contributed by atoms with Gasteiger partial charge in [0.05, 0.1) is 63.9 Å². The van der Waals surface area contributed by atoms with E-state index in [1.54, 1.807) is 51.2 Å². The second kappa shape index (κ2) is 23.9. The Morgan fingerprint density at radius 3 is 1.84 bits per heavy atom. The van der Waals surface area contributed by atoms with Crippen LogP contribution in [0.4, 0.5) is 0 Å². The molecular formula is C43H44N7Na3O11. The predicted octanol–water partition coefficient (Wildman–Crippen LogP) is -9.70. The van der Waals surface area contributed by atoms with Crippen molar-refractivity contribution < 1.29 is 143 Å². The molecule has 3 unspecified atom stereocenters. The molecule has 0 spiro atoms. The number of rotatable bonds is 17. The van der Waals surface area contributed by atoms with E-state index in [4.69, 9.17) is 15.0 Å². The Labute approximate surface area is 435 Å². The number of carbonyl (C=O) groups excluding carboxylic acids is 6. The van der Waals surface area contributed by atoms with Gasteiger partial charge in [-0.25, -0.2) is 15.0 Å². The zero-order chi connectivity index (χ0) is 44.9. The van der Waals surface area contributed by atoms with E-state index in [-0.39, 0.29) is 120 Å². The molecule has 5 aliphatic rings. The van der Waals surface area contributed by atoms with Crippen molar-refractivity contribution in [1.82, 2.24) is 21.4 Å². The van der Waals surface area contributed by atoms with Crippen LogP contribution >= 0.6 is 0 Å². The van der Waals surface area contributed by atoms with Gasteiger partial charge in [-0.2, -0.15) is 0 Å². The standard InChI is InChI=1S/C43H47N7O11.3Na/c1-7-24-21(3)29-16-34-27(12-13-44-61)43(6,60)37(48-34)18-30-23(5)26(9-11-39(53)50-36(42(58)59)19-40(54)55)33(47-30)17-32-25(22(4)28(46-32)15-31(24)45-29)8-10-38(52)49-35(41(56)57)14-20(2)51;;;/h7,12-13,15-18,35-36,44,48,60-61H,1,8-11,14,19H2,2-6H3,(H,49,52)(H,50,53)(H,54,55)(H,56,57)(H,58,59);;;/q;3*+1/p-3/b13-12+,28-15?,29-16?,33-17?,37-18?;;;. The van der Waals surface area contributed by atoms with E-state index in [1.165, 1.54) is 19.2 Å². The molecule has 0 aliphatic carbocycles. The van der Waals surface area contributed by atoms with E-state index in [2.05, 4.69) is 22.5 Å². The van der Waals surface area contributed by atoms with Gasteiger partial charge >= 0.3 is 88.7 Å². The van der Waals surface area contributed by atoms with Crippen molar-refractivity contribution in [3.8, 4) is 0 Å². The molecule has 5 aliphatic heterocycles. The summed E-state index contributed by atoms with van der Waals surface area (Å²) >= 11 is 0. The van der Waals surface area contributed by atoms with E-state index < -0.39 is 66.0 Å². The third-order valence-electron chi connectivity index (χ3n) is 10.6. The third-order valence-corrected chi connectivity index (χ3v) is 10.6. The molecular weight excluding hydrogens is 859 g/mol. The number of carboxylic acid groups (broad SMARTS) is 3. The fourth-order valence-corrected chi connectivity index (χ4v) is 7.31. The number of aliphatic hydroxyl groups is 1. The number of hydrogen-bond donors (Lipinski definition) is 6. The Morgan fingerprint density at radius 1 is 0.766 bits per heavy atom. The van der Waals surface area contributed by atoms with Gasteiger partial charge in [-0.15, -0.1) is 0 Å². The summed E-state index contributed by atoms with van der Waals surface area (Å²) in [6.45, 7) is 12.1. The Kier molecular flexibility index (Phi) is 21.0. The molecule has 5 rings (SSSR count). The third kappa shape index (κ3) is 13.1. The van der Waals surface area contributed by atoms with E-state index in [9.17, 15) is 54.4 Å². The number of Topliss-reactive ketones (excluding diaryl/α,β-unsaturated/α-hetero) is 1. The molecule has 64 heavy (non-hydrogen) atoms. The Balaban J connectivity index is 0.00000469. The summed E-state index contributed by atoms with van der Waals surface area (Å²) in [5.74, 6) is -7.00. The van der Waals surface area contributed by atoms with E-state index >= 15 is 0 Å². The Bertz CT molecular complexity index is 2430. The monoisotopic (exact) mass is 903 g/mol. The quantitative estimate of drug-likeness (QED) is 0.0585. The maximum atomic E-state index is 13.1. The summed E-state index contributed by atoms with van der Waals surface area (Å²) in [6, 6.07) is -3.36. The van der Waals surface area contributed by atoms with Crippen molar-refractivity contribution in [2.45, 2.75) is 90.8 Å². The topological polar surface area (TPSA) is 297 Å². The largest absolute Gasteiger partial charge is 1.00 e. The molecule has 3 atom stereocenters. The second-order valence-electron chi connectivity index (χ2n) is 14.9. The fraction of sp³-hybridized carbons (Fsp3) is 0.326. The number of ketones is 1. The summed E-state index contributed by atoms with van der Waals surface area (Å²) in [5.41, 5.74) is 7.70. The number of aliphatic imine (C=N–C) groups is 3. The minimum absolute atomic E-state index is 0. The first kappa shape index (κ1) is 56.1. The molecule has 0 aromatic carbocycles. The van der Waals surface area contributed by atoms with Gasteiger partial charge < -0.3 is 50.8 Å². The van der Waals surface area contributed by atoms with Crippen LogP contribution in [0.25, 0.3) is 0 Å². The number of hydroxylamine groups is 1. The minimum atomic E-state index is -1.84. The first-order valence-corrected chi connectivity index (χ1v) is 19.1. The number of amides is 2. The zero-order valence-electron chi connectivity index (χ0n) is 37.1. The van der Waals surface area contributed by atoms with Crippen LogP contribution < -0.4 is 125 Å². The summed E-state index contributed by atoms with van der Waals surface area (Å²) in [6.07, 6.45) is 9.17. The average molecular weight is 904 g/mol. The summed E-state index contributed by atoms with van der Waals surface area (Å²) in [7, 11) is 0. The molecule has 21 heteroatoms. The van der Waals surface area contributed by atoms with Gasteiger partial charge in [-0.3, -0.25) is 25.1 Å². The predicted molar refractivity (Wildman–Crippen MR) is 215 cm³/mol. The van der Waals surface area contributed by atoms with Gasteiger partial charge in [-0.05, 0) is 106 Å². The van der Waals surface area contributed by atoms with Crippen molar-refractivity contribution >= 4 is 52.6 Å². The Morgan fingerprint density at radius 2 is 1.30 bits per heavy atom. The molecule has 5 heterocycles. The molecule has 8 bridgehead atoms. The van der Waals surface area contributed by atoms with Crippen molar-refractivity contribution in [3.63, 3.8) is 0 Å². The smallest absolute Gasteiger partial charge is 0.550 e. The van der Waals surface area contributed by atoms with Crippen LogP contribution in [0.2, 0.25) is 0 Å². The fourth-order valence-electron chi connectivity index (χ4n) is 7.31. The number of carbonyl (C=O) groups is 6. The van der Waals surface area contributed by atoms with Gasteiger partial charge in [-0.1, -0.05) is 12.7 Å². The molecule has 320 valence electrons. The van der Waals surface area contributed by atoms with E-state index in [0.29, 0.717) is 73.4 Å². The van der Waals surface area contributed by atoms with E-state index in [0.717, 1.165) is 5.57 Å². The van der Waals surface area contributed by atoms with Crippen molar-refractivity contribution in [2.75, 3.05) is 0 Å². The molecule has 0 saturated heterocycles. The van der Waals surface area contributed by atoms with Crippen LogP contribution in [-0.2, 0) is 28.8 Å². The van der Waals surface area contributed by atoms with Crippen LogP contribution in [0.1, 0.15) is 73.1 Å². The first-order chi connectivity index (χ1) is 28.7. The first-order valence-electron chi connectivity index (χ1n) is 19.1. The van der Waals surface area contributed by atoms with Crippen LogP contribution in [-0.4, -0.2) is 80.6 Å². The maximum absolute atomic E-state index is 13.1. The Hall–Kier alpha value is -4.05. The summed E-state index contributed by atoms with van der Waals surface area (Å²) < 4.78 is 0. The van der Waals surface area contributed by atoms with Crippen molar-refractivity contribution in [1.29, 1.82) is 0 Å². The van der Waals surface area contributed by atoms with Crippen LogP contribution in [0.5, 0.6) is 0 Å². The van der Waals surface area contributed by atoms with Gasteiger partial charge in [0.1, 0.15) is 11.4 Å². The molecule has 0 saturated carbocycles.